The van der Waals surface area contributed by atoms with Crippen LogP contribution < -0.4 is 0 Å². The molecule has 0 bridgehead atoms. The first-order valence-corrected chi connectivity index (χ1v) is 21.4. The quantitative estimate of drug-likeness (QED) is 0.0976. The second-order valence-corrected chi connectivity index (χ2v) is 21.6. The van der Waals surface area contributed by atoms with E-state index in [-0.39, 0.29) is 0 Å². The molecule has 175 valence electrons. The Labute approximate surface area is 190 Å². The summed E-state index contributed by atoms with van der Waals surface area (Å²) in [6.45, 7) is 2.30. The number of unbranched alkanes of at least 4 members (excludes halogenated alkanes) is 22. The van der Waals surface area contributed by atoms with Crippen molar-refractivity contribution in [1.29, 1.82) is 0 Å². The standard InChI is InChI=1S/C28H59Ge/c1-5-6-7-8-9-10-11-12-13-14-15-16-17-18-19-20-21-22-23-24-25-26-27-28-29(2,3)4/h28H,5-27H2,1-4H3. The van der Waals surface area contributed by atoms with Crippen molar-refractivity contribution >= 4 is 13.3 Å². The molecule has 0 aromatic rings. The van der Waals surface area contributed by atoms with Gasteiger partial charge in [0.25, 0.3) is 0 Å². The first kappa shape index (κ1) is 29.5. The predicted octanol–water partition coefficient (Wildman–Crippen LogP) is 11.1. The van der Waals surface area contributed by atoms with Gasteiger partial charge >= 0.3 is 106 Å². The molecule has 0 rings (SSSR count). The molecule has 0 aliphatic rings. The molecule has 1 heteroatoms. The zero-order valence-corrected chi connectivity index (χ0v) is 23.4. The molecule has 1 radical (unpaired) electrons. The Hall–Kier alpha value is 0.543. The Kier molecular flexibility index (Phi) is 23.6. The van der Waals surface area contributed by atoms with Gasteiger partial charge in [0.2, 0.25) is 0 Å². The van der Waals surface area contributed by atoms with E-state index in [2.05, 4.69) is 29.4 Å². The first-order chi connectivity index (χ1) is 14.1. The van der Waals surface area contributed by atoms with E-state index in [1.165, 1.54) is 148 Å². The third kappa shape index (κ3) is 28.5. The summed E-state index contributed by atoms with van der Waals surface area (Å²) in [4.78, 5) is 0. The number of hydrogen-bond acceptors (Lipinski definition) is 0. The molecule has 29 heavy (non-hydrogen) atoms. The number of hydrogen-bond donors (Lipinski definition) is 0. The Bertz CT molecular complexity index is 291. The Morgan fingerprint density at radius 2 is 0.621 bits per heavy atom. The van der Waals surface area contributed by atoms with Crippen LogP contribution in [0.5, 0.6) is 0 Å². The molecule has 0 saturated heterocycles. The Morgan fingerprint density at radius 3 is 0.862 bits per heavy atom. The van der Waals surface area contributed by atoms with Crippen molar-refractivity contribution in [3.63, 3.8) is 0 Å². The molecule has 0 N–H and O–H groups in total. The van der Waals surface area contributed by atoms with Crippen molar-refractivity contribution in [2.45, 2.75) is 172 Å². The molecule has 0 fully saturated rings. The van der Waals surface area contributed by atoms with Crippen LogP contribution >= 0.6 is 0 Å². The molecule has 0 unspecified atom stereocenters. The van der Waals surface area contributed by atoms with Crippen LogP contribution in [0.4, 0.5) is 0 Å². The number of rotatable bonds is 24. The summed E-state index contributed by atoms with van der Waals surface area (Å²) in [5, 5.41) is 2.68. The van der Waals surface area contributed by atoms with Gasteiger partial charge in [-0.1, -0.05) is 84.0 Å². The summed E-state index contributed by atoms with van der Waals surface area (Å²) in [7, 11) is 0. The summed E-state index contributed by atoms with van der Waals surface area (Å²) in [5.41, 5.74) is 0. The van der Waals surface area contributed by atoms with Crippen molar-refractivity contribution in [3.05, 3.63) is 5.25 Å². The van der Waals surface area contributed by atoms with Crippen molar-refractivity contribution in [3.8, 4) is 0 Å². The van der Waals surface area contributed by atoms with Crippen LogP contribution in [0, 0.1) is 5.25 Å². The van der Waals surface area contributed by atoms with Gasteiger partial charge in [-0.25, -0.2) is 0 Å². The molecule has 0 aliphatic heterocycles. The zero-order valence-electron chi connectivity index (χ0n) is 21.3. The van der Waals surface area contributed by atoms with E-state index in [1.54, 1.807) is 0 Å². The van der Waals surface area contributed by atoms with E-state index < -0.39 is 13.3 Å². The van der Waals surface area contributed by atoms with Gasteiger partial charge in [-0.05, 0) is 0 Å². The molecular weight excluding hydrogens is 409 g/mol. The van der Waals surface area contributed by atoms with Gasteiger partial charge in [0.05, 0.1) is 0 Å². The first-order valence-electron chi connectivity index (χ1n) is 13.9. The van der Waals surface area contributed by atoms with Gasteiger partial charge < -0.3 is 0 Å². The minimum absolute atomic E-state index is 1.36. The fourth-order valence-corrected chi connectivity index (χ4v) is 6.53. The van der Waals surface area contributed by atoms with Gasteiger partial charge in [0, 0.05) is 0 Å². The third-order valence-corrected chi connectivity index (χ3v) is 9.49. The molecule has 0 saturated carbocycles. The molecule has 0 aromatic heterocycles. The zero-order chi connectivity index (χ0) is 21.5. The molecule has 0 nitrogen and oxygen atoms in total. The van der Waals surface area contributed by atoms with Crippen molar-refractivity contribution in [2.75, 3.05) is 0 Å². The molecule has 0 aromatic carbocycles. The minimum atomic E-state index is -1.36. The van der Waals surface area contributed by atoms with E-state index in [9.17, 15) is 0 Å². The predicted molar refractivity (Wildman–Crippen MR) is 140 cm³/mol. The van der Waals surface area contributed by atoms with E-state index >= 15 is 0 Å². The molecule has 0 atom stereocenters. The van der Waals surface area contributed by atoms with Crippen LogP contribution in [0.3, 0.4) is 0 Å². The SMILES string of the molecule is CCCCCCCCCCCCCCCCCCCCCCCC[CH][Ge]([CH3])([CH3])[CH3]. The van der Waals surface area contributed by atoms with Crippen LogP contribution in [0.15, 0.2) is 0 Å². The van der Waals surface area contributed by atoms with Crippen LogP contribution in [0.25, 0.3) is 0 Å². The fourth-order valence-electron chi connectivity index (χ4n) is 4.29. The third-order valence-electron chi connectivity index (χ3n) is 6.31. The summed E-state index contributed by atoms with van der Waals surface area (Å²) in [5.74, 6) is 7.49. The second kappa shape index (κ2) is 23.2. The topological polar surface area (TPSA) is 0 Å². The van der Waals surface area contributed by atoms with Crippen LogP contribution in [0.2, 0.25) is 17.3 Å². The normalized spacial score (nSPS) is 12.0. The van der Waals surface area contributed by atoms with E-state index in [1.807, 2.05) is 0 Å². The molecule has 0 aliphatic carbocycles. The molecule has 0 amide bonds. The van der Waals surface area contributed by atoms with Gasteiger partial charge in [0.15, 0.2) is 0 Å². The second-order valence-electron chi connectivity index (χ2n) is 10.8. The summed E-state index contributed by atoms with van der Waals surface area (Å²) < 4.78 is 0. The summed E-state index contributed by atoms with van der Waals surface area (Å²) in [6, 6.07) is 0. The van der Waals surface area contributed by atoms with Crippen molar-refractivity contribution in [1.82, 2.24) is 0 Å². The van der Waals surface area contributed by atoms with E-state index in [0.29, 0.717) is 0 Å². The summed E-state index contributed by atoms with van der Waals surface area (Å²) in [6.07, 6.45) is 33.9. The van der Waals surface area contributed by atoms with Gasteiger partial charge in [-0.15, -0.1) is 0 Å². The molecule has 0 spiro atoms. The summed E-state index contributed by atoms with van der Waals surface area (Å²) >= 11 is -1.36. The van der Waals surface area contributed by atoms with Gasteiger partial charge in [-0.3, -0.25) is 0 Å². The van der Waals surface area contributed by atoms with Crippen LogP contribution in [-0.2, 0) is 0 Å². The van der Waals surface area contributed by atoms with Crippen molar-refractivity contribution in [2.24, 2.45) is 0 Å². The van der Waals surface area contributed by atoms with Crippen LogP contribution in [-0.4, -0.2) is 13.3 Å². The van der Waals surface area contributed by atoms with Crippen molar-refractivity contribution < 1.29 is 0 Å². The Balaban J connectivity index is 3.02. The molecule has 0 heterocycles. The van der Waals surface area contributed by atoms with Crippen LogP contribution in [0.1, 0.15) is 155 Å². The van der Waals surface area contributed by atoms with E-state index in [0.717, 1.165) is 0 Å². The van der Waals surface area contributed by atoms with E-state index in [4.69, 9.17) is 0 Å². The monoisotopic (exact) mass is 469 g/mol. The fraction of sp³-hybridized carbons (Fsp3) is 0.964. The Morgan fingerprint density at radius 1 is 0.379 bits per heavy atom. The maximum atomic E-state index is 2.68. The molecular formula is C28H59Ge. The average Bonchev–Trinajstić information content (AvgIpc) is 2.67. The van der Waals surface area contributed by atoms with Gasteiger partial charge in [-0.2, -0.15) is 0 Å². The average molecular weight is 468 g/mol. The maximum absolute atomic E-state index is 2.68. The van der Waals surface area contributed by atoms with Gasteiger partial charge in [0.1, 0.15) is 0 Å².